The third-order valence-corrected chi connectivity index (χ3v) is 5.12. The zero-order chi connectivity index (χ0) is 12.1. The predicted molar refractivity (Wildman–Crippen MR) is 75.0 cm³/mol. The molecule has 0 radical (unpaired) electrons. The normalized spacial score (nSPS) is 41.3. The summed E-state index contributed by atoms with van der Waals surface area (Å²) in [6.45, 7) is 2.44. The van der Waals surface area contributed by atoms with E-state index in [-0.39, 0.29) is 5.54 Å². The van der Waals surface area contributed by atoms with Crippen molar-refractivity contribution in [2.75, 3.05) is 0 Å². The Hall–Kier alpha value is -0.0400. The van der Waals surface area contributed by atoms with Crippen LogP contribution in [0.2, 0.25) is 0 Å². The first kappa shape index (κ1) is 13.4. The van der Waals surface area contributed by atoms with Crippen molar-refractivity contribution < 1.29 is 0 Å². The molecule has 0 aromatic rings. The van der Waals surface area contributed by atoms with Crippen molar-refractivity contribution in [3.8, 4) is 0 Å². The lowest BCUT2D eigenvalue weighted by atomic mass is 9.94. The smallest absolute Gasteiger partial charge is 0.0186 e. The first-order valence-electron chi connectivity index (χ1n) is 7.99. The minimum atomic E-state index is 0.275. The molecule has 0 saturated heterocycles. The first-order valence-corrected chi connectivity index (χ1v) is 7.99. The summed E-state index contributed by atoms with van der Waals surface area (Å²) in [6, 6.07) is 0. The molecule has 2 aliphatic carbocycles. The number of nitrogens with two attached hydrogens (primary N) is 1. The Morgan fingerprint density at radius 1 is 0.824 bits per heavy atom. The van der Waals surface area contributed by atoms with Gasteiger partial charge < -0.3 is 5.73 Å². The maximum Gasteiger partial charge on any atom is 0.0186 e. The molecule has 0 amide bonds. The Bertz CT molecular complexity index is 226. The van der Waals surface area contributed by atoms with Gasteiger partial charge in [-0.05, 0) is 31.1 Å². The maximum atomic E-state index is 6.42. The molecule has 2 fully saturated rings. The van der Waals surface area contributed by atoms with Crippen LogP contribution < -0.4 is 5.73 Å². The van der Waals surface area contributed by atoms with Crippen LogP contribution in [-0.4, -0.2) is 5.54 Å². The van der Waals surface area contributed by atoms with E-state index in [0.29, 0.717) is 0 Å². The van der Waals surface area contributed by atoms with Gasteiger partial charge in [0, 0.05) is 5.54 Å². The summed E-state index contributed by atoms with van der Waals surface area (Å²) in [5.74, 6) is 1.84. The number of fused-ring (bicyclic) bond motifs is 1. The Kier molecular flexibility index (Phi) is 4.90. The number of hydrogen-bond acceptors (Lipinski definition) is 1. The molecule has 2 rings (SSSR count). The fraction of sp³-hybridized carbons (Fsp3) is 1.00. The SMILES string of the molecule is C[C@H]1CCCCCCC2(N)C[C@@H]2CCCCC1. The van der Waals surface area contributed by atoms with Crippen LogP contribution in [0, 0.1) is 11.8 Å². The van der Waals surface area contributed by atoms with E-state index >= 15 is 0 Å². The van der Waals surface area contributed by atoms with Crippen molar-refractivity contribution in [3.05, 3.63) is 0 Å². The monoisotopic (exact) mass is 237 g/mol. The van der Waals surface area contributed by atoms with Crippen molar-refractivity contribution in [1.29, 1.82) is 0 Å². The van der Waals surface area contributed by atoms with Gasteiger partial charge in [-0.15, -0.1) is 0 Å². The van der Waals surface area contributed by atoms with Crippen molar-refractivity contribution in [1.82, 2.24) is 0 Å². The van der Waals surface area contributed by atoms with Crippen LogP contribution in [-0.2, 0) is 0 Å². The molecule has 1 unspecified atom stereocenters. The summed E-state index contributed by atoms with van der Waals surface area (Å²) < 4.78 is 0. The highest BCUT2D eigenvalue weighted by Crippen LogP contribution is 2.48. The molecule has 0 aliphatic heterocycles. The van der Waals surface area contributed by atoms with Gasteiger partial charge in [-0.1, -0.05) is 64.7 Å². The van der Waals surface area contributed by atoms with Crippen LogP contribution in [0.1, 0.15) is 84.0 Å². The van der Waals surface area contributed by atoms with Crippen LogP contribution in [0.15, 0.2) is 0 Å². The summed E-state index contributed by atoms with van der Waals surface area (Å²) in [5, 5.41) is 0. The highest BCUT2D eigenvalue weighted by atomic mass is 14.9. The first-order chi connectivity index (χ1) is 8.21. The highest BCUT2D eigenvalue weighted by molar-refractivity contribution is 5.07. The van der Waals surface area contributed by atoms with Gasteiger partial charge in [0.2, 0.25) is 0 Å². The minimum absolute atomic E-state index is 0.275. The second-order valence-corrected chi connectivity index (χ2v) is 6.83. The average Bonchev–Trinajstić information content (AvgIpc) is 2.94. The van der Waals surface area contributed by atoms with Crippen molar-refractivity contribution >= 4 is 0 Å². The second-order valence-electron chi connectivity index (χ2n) is 6.83. The molecule has 2 saturated carbocycles. The lowest BCUT2D eigenvalue weighted by Gasteiger charge is -2.14. The van der Waals surface area contributed by atoms with Gasteiger partial charge >= 0.3 is 0 Å². The standard InChI is InChI=1S/C16H31N/c1-14-9-5-2-3-8-12-16(17)13-15(16)11-7-4-6-10-14/h14-15H,2-13,17H2,1H3/t14-,15-,16?/m0/s1. The Labute approximate surface area is 108 Å². The summed E-state index contributed by atoms with van der Waals surface area (Å²) in [4.78, 5) is 0. The molecule has 1 nitrogen and oxygen atoms in total. The van der Waals surface area contributed by atoms with E-state index in [2.05, 4.69) is 6.92 Å². The van der Waals surface area contributed by atoms with Gasteiger partial charge in [0.1, 0.15) is 0 Å². The van der Waals surface area contributed by atoms with E-state index < -0.39 is 0 Å². The number of hydrogen-bond donors (Lipinski definition) is 1. The second kappa shape index (κ2) is 6.22. The quantitative estimate of drug-likeness (QED) is 0.652. The molecule has 100 valence electrons. The average molecular weight is 237 g/mol. The topological polar surface area (TPSA) is 26.0 Å². The van der Waals surface area contributed by atoms with Gasteiger partial charge in [0.05, 0.1) is 0 Å². The van der Waals surface area contributed by atoms with E-state index in [4.69, 9.17) is 5.73 Å². The minimum Gasteiger partial charge on any atom is -0.325 e. The summed E-state index contributed by atoms with van der Waals surface area (Å²) in [6.07, 6.45) is 16.9. The molecule has 0 spiro atoms. The van der Waals surface area contributed by atoms with Gasteiger partial charge in [0.25, 0.3) is 0 Å². The third-order valence-electron chi connectivity index (χ3n) is 5.12. The summed E-state index contributed by atoms with van der Waals surface area (Å²) >= 11 is 0. The zero-order valence-electron chi connectivity index (χ0n) is 11.7. The maximum absolute atomic E-state index is 6.42. The van der Waals surface area contributed by atoms with E-state index in [1.807, 2.05) is 0 Å². The Morgan fingerprint density at radius 2 is 1.41 bits per heavy atom. The zero-order valence-corrected chi connectivity index (χ0v) is 11.7. The molecular weight excluding hydrogens is 206 g/mol. The largest absolute Gasteiger partial charge is 0.325 e. The molecule has 2 aliphatic rings. The van der Waals surface area contributed by atoms with Crippen molar-refractivity contribution in [3.63, 3.8) is 0 Å². The van der Waals surface area contributed by atoms with Gasteiger partial charge in [0.15, 0.2) is 0 Å². The molecule has 1 heteroatoms. The lowest BCUT2D eigenvalue weighted by molar-refractivity contribution is 0.411. The third kappa shape index (κ3) is 4.28. The Morgan fingerprint density at radius 3 is 2.18 bits per heavy atom. The van der Waals surface area contributed by atoms with E-state index in [9.17, 15) is 0 Å². The molecule has 2 N–H and O–H groups in total. The van der Waals surface area contributed by atoms with Gasteiger partial charge in [-0.3, -0.25) is 0 Å². The predicted octanol–water partition coefficient (Wildman–Crippen LogP) is 4.64. The molecule has 17 heavy (non-hydrogen) atoms. The van der Waals surface area contributed by atoms with E-state index in [0.717, 1.165) is 11.8 Å². The fourth-order valence-corrected chi connectivity index (χ4v) is 3.60. The molecule has 0 aromatic heterocycles. The fourth-order valence-electron chi connectivity index (χ4n) is 3.60. The van der Waals surface area contributed by atoms with E-state index in [1.54, 1.807) is 0 Å². The molecule has 3 atom stereocenters. The molecule has 0 heterocycles. The molecule has 0 bridgehead atoms. The number of rotatable bonds is 0. The van der Waals surface area contributed by atoms with Crippen molar-refractivity contribution in [2.45, 2.75) is 89.5 Å². The molecular formula is C16H31N. The highest BCUT2D eigenvalue weighted by Gasteiger charge is 2.48. The van der Waals surface area contributed by atoms with Crippen LogP contribution in [0.3, 0.4) is 0 Å². The van der Waals surface area contributed by atoms with Crippen LogP contribution >= 0.6 is 0 Å². The molecule has 0 aromatic carbocycles. The lowest BCUT2D eigenvalue weighted by Crippen LogP contribution is -2.24. The van der Waals surface area contributed by atoms with E-state index in [1.165, 1.54) is 77.0 Å². The van der Waals surface area contributed by atoms with Crippen molar-refractivity contribution in [2.24, 2.45) is 17.6 Å². The van der Waals surface area contributed by atoms with Crippen LogP contribution in [0.25, 0.3) is 0 Å². The summed E-state index contributed by atoms with van der Waals surface area (Å²) in [5.41, 5.74) is 6.70. The van der Waals surface area contributed by atoms with Gasteiger partial charge in [-0.2, -0.15) is 0 Å². The Balaban J connectivity index is 1.72. The van der Waals surface area contributed by atoms with Gasteiger partial charge in [-0.25, -0.2) is 0 Å². The van der Waals surface area contributed by atoms with Crippen LogP contribution in [0.5, 0.6) is 0 Å². The van der Waals surface area contributed by atoms with Crippen LogP contribution in [0.4, 0.5) is 0 Å². The summed E-state index contributed by atoms with van der Waals surface area (Å²) in [7, 11) is 0.